The first kappa shape index (κ1) is 20.4. The zero-order valence-corrected chi connectivity index (χ0v) is 10.5. The monoisotopic (exact) mass is 332 g/mol. The molecule has 2 atom stereocenters. The molecule has 0 heterocycles. The molecule has 0 saturated heterocycles. The van der Waals surface area contributed by atoms with Crippen molar-refractivity contribution in [1.82, 2.24) is 0 Å². The second-order valence-corrected chi connectivity index (χ2v) is 4.97. The number of rotatable bonds is 6. The quantitative estimate of drug-likeness (QED) is 0.338. The fourth-order valence-electron chi connectivity index (χ4n) is 1.31. The van der Waals surface area contributed by atoms with Gasteiger partial charge in [-0.3, -0.25) is 4.52 Å². The number of hydrogen-bond donors (Lipinski definition) is 5. The van der Waals surface area contributed by atoms with E-state index in [-0.39, 0.29) is 62.5 Å². The molecule has 1 aromatic carbocycles. The van der Waals surface area contributed by atoms with E-state index in [1.807, 2.05) is 0 Å². The Kier molecular flexibility index (Phi) is 8.87. The van der Waals surface area contributed by atoms with Gasteiger partial charge in [0.05, 0.1) is 12.2 Å². The summed E-state index contributed by atoms with van der Waals surface area (Å²) < 4.78 is 14.5. The zero-order chi connectivity index (χ0) is 14.6. The van der Waals surface area contributed by atoms with E-state index >= 15 is 0 Å². The number of aliphatic hydroxyl groups excluding tert-OH is 2. The third kappa shape index (κ3) is 6.88. The summed E-state index contributed by atoms with van der Waals surface area (Å²) >= 11 is 0. The molecule has 1 rings (SSSR count). The summed E-state index contributed by atoms with van der Waals surface area (Å²) in [6, 6.07) is 5.04. The van der Waals surface area contributed by atoms with E-state index in [9.17, 15) is 19.6 Å². The third-order valence-corrected chi connectivity index (χ3v) is 2.76. The molecular formula is C10H14KO8P. The third-order valence-electron chi connectivity index (χ3n) is 2.28. The molecule has 10 heteroatoms. The molecule has 20 heavy (non-hydrogen) atoms. The predicted octanol–water partition coefficient (Wildman–Crippen LogP) is -0.760. The van der Waals surface area contributed by atoms with Gasteiger partial charge >= 0.3 is 65.2 Å². The Labute approximate surface area is 157 Å². The van der Waals surface area contributed by atoms with Crippen molar-refractivity contribution < 1.29 is 39.0 Å². The summed E-state index contributed by atoms with van der Waals surface area (Å²) in [5.74, 6) is -1.13. The van der Waals surface area contributed by atoms with Gasteiger partial charge in [-0.05, 0) is 17.7 Å². The number of aromatic carboxylic acids is 1. The van der Waals surface area contributed by atoms with Crippen molar-refractivity contribution in [1.29, 1.82) is 0 Å². The molecule has 0 amide bonds. The number of carbonyl (C=O) groups is 1. The van der Waals surface area contributed by atoms with Crippen molar-refractivity contribution in [2.75, 3.05) is 6.61 Å². The molecule has 0 saturated carbocycles. The van der Waals surface area contributed by atoms with Gasteiger partial charge in [0.1, 0.15) is 12.2 Å². The fourth-order valence-corrected chi connectivity index (χ4v) is 1.66. The minimum absolute atomic E-state index is 0. The average Bonchev–Trinajstić information content (AvgIpc) is 2.34. The molecule has 0 fully saturated rings. The van der Waals surface area contributed by atoms with Crippen LogP contribution in [-0.4, -0.2) is 95.2 Å². The van der Waals surface area contributed by atoms with Gasteiger partial charge in [0.15, 0.2) is 0 Å². The fraction of sp³-hybridized carbons (Fsp3) is 0.300. The Morgan fingerprint density at radius 3 is 2.10 bits per heavy atom. The van der Waals surface area contributed by atoms with Crippen molar-refractivity contribution in [2.24, 2.45) is 0 Å². The zero-order valence-electron chi connectivity index (χ0n) is 9.58. The van der Waals surface area contributed by atoms with Crippen LogP contribution < -0.4 is 0 Å². The van der Waals surface area contributed by atoms with E-state index in [0.717, 1.165) is 0 Å². The Hall–Kier alpha value is 0.356. The van der Waals surface area contributed by atoms with Crippen LogP contribution in [0.15, 0.2) is 24.3 Å². The van der Waals surface area contributed by atoms with Crippen molar-refractivity contribution in [3.63, 3.8) is 0 Å². The number of benzene rings is 1. The van der Waals surface area contributed by atoms with Crippen molar-refractivity contribution in [3.8, 4) is 0 Å². The van der Waals surface area contributed by atoms with E-state index in [1.54, 1.807) is 0 Å². The topological polar surface area (TPSA) is 145 Å². The van der Waals surface area contributed by atoms with E-state index in [2.05, 4.69) is 4.52 Å². The summed E-state index contributed by atoms with van der Waals surface area (Å²) in [7, 11) is -4.72. The van der Waals surface area contributed by atoms with Crippen LogP contribution in [0.5, 0.6) is 0 Å². The van der Waals surface area contributed by atoms with E-state index in [0.29, 0.717) is 0 Å². The molecule has 8 nitrogen and oxygen atoms in total. The summed E-state index contributed by atoms with van der Waals surface area (Å²) in [6.07, 6.45) is -3.00. The Morgan fingerprint density at radius 1 is 1.20 bits per heavy atom. The second kappa shape index (κ2) is 8.72. The van der Waals surface area contributed by atoms with Crippen LogP contribution in [0.1, 0.15) is 22.0 Å². The van der Waals surface area contributed by atoms with Crippen LogP contribution in [0, 0.1) is 0 Å². The minimum atomic E-state index is -4.72. The molecule has 0 aromatic heterocycles. The molecule has 2 unspecified atom stereocenters. The van der Waals surface area contributed by atoms with Gasteiger partial charge in [-0.25, -0.2) is 9.36 Å². The van der Waals surface area contributed by atoms with Crippen LogP contribution in [0.3, 0.4) is 0 Å². The van der Waals surface area contributed by atoms with Crippen LogP contribution in [-0.2, 0) is 9.09 Å². The van der Waals surface area contributed by atoms with Crippen molar-refractivity contribution in [3.05, 3.63) is 35.4 Å². The predicted molar refractivity (Wildman–Crippen MR) is 69.5 cm³/mol. The molecule has 0 aliphatic rings. The number of hydrogen-bond acceptors (Lipinski definition) is 5. The van der Waals surface area contributed by atoms with Gasteiger partial charge in [0.2, 0.25) is 0 Å². The number of aliphatic hydroxyl groups is 2. The van der Waals surface area contributed by atoms with Crippen LogP contribution in [0.25, 0.3) is 0 Å². The van der Waals surface area contributed by atoms with Gasteiger partial charge in [0.25, 0.3) is 0 Å². The number of phosphoric ester groups is 1. The molecule has 0 aliphatic carbocycles. The summed E-state index contributed by atoms with van der Waals surface area (Å²) in [4.78, 5) is 27.5. The van der Waals surface area contributed by atoms with Gasteiger partial charge in [0, 0.05) is 0 Å². The van der Waals surface area contributed by atoms with Gasteiger partial charge in [-0.15, -0.1) is 0 Å². The molecule has 5 N–H and O–H groups in total. The molecule has 1 aromatic rings. The van der Waals surface area contributed by atoms with Crippen molar-refractivity contribution in [2.45, 2.75) is 12.2 Å². The first-order chi connectivity index (χ1) is 8.70. The average molecular weight is 332 g/mol. The summed E-state index contributed by atoms with van der Waals surface area (Å²) in [5, 5.41) is 27.8. The van der Waals surface area contributed by atoms with E-state index < -0.39 is 32.6 Å². The van der Waals surface area contributed by atoms with Gasteiger partial charge in [-0.1, -0.05) is 12.1 Å². The van der Waals surface area contributed by atoms with Crippen molar-refractivity contribution >= 4 is 65.2 Å². The van der Waals surface area contributed by atoms with Crippen LogP contribution in [0.4, 0.5) is 0 Å². The first-order valence-corrected chi connectivity index (χ1v) is 6.63. The SMILES string of the molecule is O=C(O)c1ccc(C(O)C(O)COP(=O)(O)O)cc1.[KH]. The molecule has 0 spiro atoms. The van der Waals surface area contributed by atoms with E-state index in [1.165, 1.54) is 24.3 Å². The molecule has 0 radical (unpaired) electrons. The summed E-state index contributed by atoms with van der Waals surface area (Å²) in [6.45, 7) is -0.758. The molecular weight excluding hydrogens is 318 g/mol. The molecule has 0 aliphatic heterocycles. The Bertz CT molecular complexity index is 485. The van der Waals surface area contributed by atoms with Crippen LogP contribution >= 0.6 is 7.82 Å². The van der Waals surface area contributed by atoms with Gasteiger partial charge < -0.3 is 25.1 Å². The standard InChI is InChI=1S/C10H13O8P.K.H/c11-8(5-18-19(15,16)17)9(12)6-1-3-7(4-2-6)10(13)14;;/h1-4,8-9,11-12H,5H2,(H,13,14)(H2,15,16,17);;. The second-order valence-electron chi connectivity index (χ2n) is 3.73. The normalized spacial score (nSPS) is 14.2. The van der Waals surface area contributed by atoms with E-state index in [4.69, 9.17) is 14.9 Å². The number of carboxylic acid groups (broad SMARTS) is 1. The Morgan fingerprint density at radius 2 is 1.70 bits per heavy atom. The maximum absolute atomic E-state index is 10.6. The maximum atomic E-state index is 10.6. The summed E-state index contributed by atoms with van der Waals surface area (Å²) in [5.41, 5.74) is 0.212. The number of phosphoric acid groups is 1. The first-order valence-electron chi connectivity index (χ1n) is 5.10. The molecule has 108 valence electrons. The van der Waals surface area contributed by atoms with Crippen LogP contribution in [0.2, 0.25) is 0 Å². The Balaban J connectivity index is 0.00000361. The number of carboxylic acids is 1. The molecule has 0 bridgehead atoms. The van der Waals surface area contributed by atoms with Gasteiger partial charge in [-0.2, -0.15) is 0 Å².